The van der Waals surface area contributed by atoms with Gasteiger partial charge in [-0.15, -0.1) is 0 Å². The molecule has 0 unspecified atom stereocenters. The maximum atomic E-state index is 9.18. The molecule has 0 bridgehead atoms. The highest BCUT2D eigenvalue weighted by Gasteiger charge is 2.13. The highest BCUT2D eigenvalue weighted by molar-refractivity contribution is 5.74. The summed E-state index contributed by atoms with van der Waals surface area (Å²) in [5.41, 5.74) is 9.31. The van der Waals surface area contributed by atoms with Gasteiger partial charge in [0.1, 0.15) is 11.8 Å². The van der Waals surface area contributed by atoms with Crippen LogP contribution in [0.3, 0.4) is 0 Å². The van der Waals surface area contributed by atoms with Gasteiger partial charge in [0.2, 0.25) is 5.95 Å². The van der Waals surface area contributed by atoms with Crippen LogP contribution in [0.4, 0.5) is 5.95 Å². The molecule has 3 rings (SSSR count). The van der Waals surface area contributed by atoms with Crippen molar-refractivity contribution in [1.82, 2.24) is 9.97 Å². The fraction of sp³-hybridized carbons (Fsp3) is 0. The molecule has 1 heterocycles. The normalized spacial score (nSPS) is 10.5. The summed E-state index contributed by atoms with van der Waals surface area (Å²) in [6.45, 7) is 0. The molecule has 0 atom stereocenters. The SMILES string of the molecule is N#Cc1cc2cccc-2ccc2nc(N)nc1-2. The molecule has 2 aliphatic carbocycles. The Morgan fingerprint density at radius 3 is 2.71 bits per heavy atom. The van der Waals surface area contributed by atoms with Crippen molar-refractivity contribution in [2.24, 2.45) is 0 Å². The van der Waals surface area contributed by atoms with Crippen molar-refractivity contribution >= 4 is 5.95 Å². The van der Waals surface area contributed by atoms with Gasteiger partial charge in [-0.3, -0.25) is 0 Å². The van der Waals surface area contributed by atoms with Crippen molar-refractivity contribution in [3.05, 3.63) is 42.0 Å². The fourth-order valence-corrected chi connectivity index (χ4v) is 1.90. The van der Waals surface area contributed by atoms with E-state index in [1.807, 2.05) is 36.4 Å². The van der Waals surface area contributed by atoms with Gasteiger partial charge in [-0.05, 0) is 23.3 Å². The number of fused-ring (bicyclic) bond motifs is 2. The third kappa shape index (κ3) is 1.45. The molecular formula is C13H8N4. The summed E-state index contributed by atoms with van der Waals surface area (Å²) >= 11 is 0. The zero-order valence-electron chi connectivity index (χ0n) is 8.88. The van der Waals surface area contributed by atoms with Crippen molar-refractivity contribution in [1.29, 1.82) is 5.26 Å². The van der Waals surface area contributed by atoms with Crippen LogP contribution in [-0.2, 0) is 0 Å². The van der Waals surface area contributed by atoms with Gasteiger partial charge in [-0.2, -0.15) is 5.26 Å². The van der Waals surface area contributed by atoms with E-state index in [-0.39, 0.29) is 5.95 Å². The van der Waals surface area contributed by atoms with E-state index in [2.05, 4.69) is 16.0 Å². The van der Waals surface area contributed by atoms with Gasteiger partial charge in [0.25, 0.3) is 0 Å². The van der Waals surface area contributed by atoms with Gasteiger partial charge >= 0.3 is 0 Å². The largest absolute Gasteiger partial charge is 0.368 e. The van der Waals surface area contributed by atoms with Crippen LogP contribution in [0.15, 0.2) is 36.4 Å². The maximum absolute atomic E-state index is 9.18. The molecule has 0 aromatic rings. The lowest BCUT2D eigenvalue weighted by atomic mass is 10.1. The van der Waals surface area contributed by atoms with Gasteiger partial charge in [-0.25, -0.2) is 9.97 Å². The summed E-state index contributed by atoms with van der Waals surface area (Å²) < 4.78 is 0. The van der Waals surface area contributed by atoms with E-state index in [1.165, 1.54) is 0 Å². The Bertz CT molecular complexity index is 684. The second kappa shape index (κ2) is 3.42. The Morgan fingerprint density at radius 2 is 1.88 bits per heavy atom. The zero-order chi connectivity index (χ0) is 11.8. The first kappa shape index (κ1) is 9.55. The molecule has 0 aromatic heterocycles. The standard InChI is InChI=1S/C13H8N4/c14-7-10-6-9-3-1-2-8(9)4-5-11-12(10)17-13(15)16-11/h1-6H,(H2,15,16,17). The number of aromatic nitrogens is 2. The second-order valence-corrected chi connectivity index (χ2v) is 3.76. The van der Waals surface area contributed by atoms with E-state index in [9.17, 15) is 5.26 Å². The molecule has 2 N–H and O–H groups in total. The first-order valence-electron chi connectivity index (χ1n) is 5.14. The predicted octanol–water partition coefficient (Wildman–Crippen LogP) is 2.14. The summed E-state index contributed by atoms with van der Waals surface area (Å²) in [5.74, 6) is 0.197. The van der Waals surface area contributed by atoms with E-state index in [0.29, 0.717) is 17.0 Å². The first-order chi connectivity index (χ1) is 8.28. The average molecular weight is 220 g/mol. The van der Waals surface area contributed by atoms with E-state index in [4.69, 9.17) is 5.73 Å². The average Bonchev–Trinajstić information content (AvgIpc) is 2.87. The van der Waals surface area contributed by atoms with Crippen LogP contribution in [0.1, 0.15) is 5.56 Å². The number of anilines is 1. The zero-order valence-corrected chi connectivity index (χ0v) is 8.88. The monoisotopic (exact) mass is 220 g/mol. The summed E-state index contributed by atoms with van der Waals surface area (Å²) in [6.07, 6.45) is 0. The highest BCUT2D eigenvalue weighted by Crippen LogP contribution is 2.28. The summed E-state index contributed by atoms with van der Waals surface area (Å²) in [4.78, 5) is 8.18. The van der Waals surface area contributed by atoms with Crippen LogP contribution >= 0.6 is 0 Å². The van der Waals surface area contributed by atoms with Gasteiger partial charge in [0, 0.05) is 0 Å². The molecule has 0 aromatic carbocycles. The topological polar surface area (TPSA) is 75.6 Å². The van der Waals surface area contributed by atoms with Crippen molar-refractivity contribution in [3.8, 4) is 28.6 Å². The number of hydrogen-bond acceptors (Lipinski definition) is 4. The second-order valence-electron chi connectivity index (χ2n) is 3.76. The van der Waals surface area contributed by atoms with Crippen LogP contribution in [0.25, 0.3) is 22.5 Å². The van der Waals surface area contributed by atoms with Crippen molar-refractivity contribution in [3.63, 3.8) is 0 Å². The first-order valence-corrected chi connectivity index (χ1v) is 5.14. The fourth-order valence-electron chi connectivity index (χ4n) is 1.90. The van der Waals surface area contributed by atoms with Crippen molar-refractivity contribution in [2.75, 3.05) is 5.73 Å². The molecule has 0 fully saturated rings. The van der Waals surface area contributed by atoms with Crippen LogP contribution in [0.2, 0.25) is 0 Å². The Balaban J connectivity index is 2.42. The van der Waals surface area contributed by atoms with Gasteiger partial charge in [0.15, 0.2) is 0 Å². The third-order valence-corrected chi connectivity index (χ3v) is 2.69. The number of rotatable bonds is 0. The Morgan fingerprint density at radius 1 is 1.06 bits per heavy atom. The van der Waals surface area contributed by atoms with Crippen LogP contribution in [0.5, 0.6) is 0 Å². The summed E-state index contributed by atoms with van der Waals surface area (Å²) in [5, 5.41) is 9.18. The minimum absolute atomic E-state index is 0.197. The smallest absolute Gasteiger partial charge is 0.221 e. The molecule has 80 valence electrons. The van der Waals surface area contributed by atoms with Gasteiger partial charge in [0.05, 0.1) is 11.3 Å². The number of nitriles is 1. The van der Waals surface area contributed by atoms with Crippen LogP contribution in [-0.4, -0.2) is 9.97 Å². The predicted molar refractivity (Wildman–Crippen MR) is 64.4 cm³/mol. The molecule has 0 spiro atoms. The lowest BCUT2D eigenvalue weighted by Gasteiger charge is -1.98. The molecule has 3 aliphatic rings. The van der Waals surface area contributed by atoms with Crippen molar-refractivity contribution < 1.29 is 0 Å². The van der Waals surface area contributed by atoms with Crippen LogP contribution < -0.4 is 5.73 Å². The van der Waals surface area contributed by atoms with Crippen molar-refractivity contribution in [2.45, 2.75) is 0 Å². The molecule has 1 aliphatic heterocycles. The third-order valence-electron chi connectivity index (χ3n) is 2.69. The number of nitrogen functional groups attached to an aromatic ring is 1. The molecule has 0 amide bonds. The number of hydrogen-bond donors (Lipinski definition) is 1. The van der Waals surface area contributed by atoms with E-state index < -0.39 is 0 Å². The lowest BCUT2D eigenvalue weighted by molar-refractivity contribution is 1.34. The van der Waals surface area contributed by atoms with E-state index in [1.54, 1.807) is 0 Å². The van der Waals surface area contributed by atoms with Gasteiger partial charge < -0.3 is 5.73 Å². The number of nitrogens with two attached hydrogens (primary N) is 1. The highest BCUT2D eigenvalue weighted by atomic mass is 15.0. The molecule has 0 saturated heterocycles. The van der Waals surface area contributed by atoms with Crippen LogP contribution in [0, 0.1) is 11.3 Å². The summed E-state index contributed by atoms with van der Waals surface area (Å²) in [6, 6.07) is 13.6. The van der Waals surface area contributed by atoms with E-state index >= 15 is 0 Å². The van der Waals surface area contributed by atoms with Gasteiger partial charge in [-0.1, -0.05) is 24.3 Å². The van der Waals surface area contributed by atoms with E-state index in [0.717, 1.165) is 11.1 Å². The minimum Gasteiger partial charge on any atom is -0.368 e. The number of nitrogens with zero attached hydrogens (tertiary/aromatic N) is 3. The summed E-state index contributed by atoms with van der Waals surface area (Å²) in [7, 11) is 0. The molecule has 4 nitrogen and oxygen atoms in total. The number of imidazole rings is 1. The molecule has 0 radical (unpaired) electrons. The molecule has 17 heavy (non-hydrogen) atoms. The maximum Gasteiger partial charge on any atom is 0.221 e. The minimum atomic E-state index is 0.197. The Labute approximate surface area is 98.0 Å². The quantitative estimate of drug-likeness (QED) is 0.629. The Hall–Kier alpha value is -2.67. The molecular weight excluding hydrogens is 212 g/mol. The molecule has 4 heteroatoms. The molecule has 0 saturated carbocycles. The Kier molecular flexibility index (Phi) is 1.92. The lowest BCUT2D eigenvalue weighted by Crippen LogP contribution is -1.85.